The molecule has 5 heteroatoms. The highest BCUT2D eigenvalue weighted by Gasteiger charge is 2.13. The number of carboxylic acids is 1. The second-order valence-corrected chi connectivity index (χ2v) is 5.38. The smallest absolute Gasteiger partial charge is 0.337 e. The Morgan fingerprint density at radius 3 is 2.85 bits per heavy atom. The van der Waals surface area contributed by atoms with Crippen molar-refractivity contribution in [1.29, 1.82) is 0 Å². The highest BCUT2D eigenvalue weighted by atomic mass is 32.1. The third-order valence-corrected chi connectivity index (χ3v) is 3.71. The molecule has 0 radical (unpaired) electrons. The number of ether oxygens (including phenoxy) is 1. The molecule has 4 nitrogen and oxygen atoms in total. The van der Waals surface area contributed by atoms with E-state index in [2.05, 4.69) is 16.8 Å². The highest BCUT2D eigenvalue weighted by molar-refractivity contribution is 7.07. The largest absolute Gasteiger partial charge is 0.497 e. The number of nitrogens with one attached hydrogen (secondary N) is 1. The van der Waals surface area contributed by atoms with Crippen molar-refractivity contribution in [2.45, 2.75) is 19.4 Å². The molecule has 20 heavy (non-hydrogen) atoms. The maximum Gasteiger partial charge on any atom is 0.337 e. The Bertz CT molecular complexity index is 581. The Labute approximate surface area is 122 Å². The van der Waals surface area contributed by atoms with Gasteiger partial charge in [0.2, 0.25) is 0 Å². The molecule has 1 aromatic carbocycles. The number of thiophene rings is 1. The van der Waals surface area contributed by atoms with Gasteiger partial charge in [-0.25, -0.2) is 4.79 Å². The molecule has 0 saturated carbocycles. The second-order valence-electron chi connectivity index (χ2n) is 4.60. The molecule has 106 valence electrons. The first kappa shape index (κ1) is 14.4. The third-order valence-electron chi connectivity index (χ3n) is 2.98. The van der Waals surface area contributed by atoms with E-state index in [0.29, 0.717) is 11.4 Å². The van der Waals surface area contributed by atoms with Crippen molar-refractivity contribution in [3.05, 3.63) is 46.2 Å². The van der Waals surface area contributed by atoms with Crippen LogP contribution in [0.2, 0.25) is 0 Å². The number of carbonyl (C=O) groups is 1. The van der Waals surface area contributed by atoms with E-state index in [-0.39, 0.29) is 11.6 Å². The first-order valence-electron chi connectivity index (χ1n) is 6.29. The lowest BCUT2D eigenvalue weighted by Crippen LogP contribution is -2.19. The molecular formula is C15H17NO3S. The van der Waals surface area contributed by atoms with E-state index in [1.165, 1.54) is 5.56 Å². The lowest BCUT2D eigenvalue weighted by atomic mass is 10.1. The fourth-order valence-corrected chi connectivity index (χ4v) is 2.72. The van der Waals surface area contributed by atoms with Gasteiger partial charge in [-0.2, -0.15) is 11.3 Å². The molecule has 0 fully saturated rings. The number of benzene rings is 1. The zero-order chi connectivity index (χ0) is 14.5. The van der Waals surface area contributed by atoms with Gasteiger partial charge in [-0.3, -0.25) is 0 Å². The van der Waals surface area contributed by atoms with Crippen LogP contribution in [-0.4, -0.2) is 24.2 Å². The van der Waals surface area contributed by atoms with Crippen LogP contribution in [0.15, 0.2) is 35.0 Å². The second kappa shape index (κ2) is 6.43. The summed E-state index contributed by atoms with van der Waals surface area (Å²) in [5, 5.41) is 16.6. The topological polar surface area (TPSA) is 58.6 Å². The maximum absolute atomic E-state index is 11.2. The summed E-state index contributed by atoms with van der Waals surface area (Å²) in [6, 6.07) is 7.13. The van der Waals surface area contributed by atoms with Crippen molar-refractivity contribution in [2.75, 3.05) is 12.4 Å². The quantitative estimate of drug-likeness (QED) is 0.855. The van der Waals surface area contributed by atoms with Crippen LogP contribution in [0.25, 0.3) is 0 Å². The number of rotatable bonds is 6. The Kier molecular flexibility index (Phi) is 4.63. The Hall–Kier alpha value is -2.01. The van der Waals surface area contributed by atoms with Crippen molar-refractivity contribution in [2.24, 2.45) is 0 Å². The van der Waals surface area contributed by atoms with Gasteiger partial charge in [-0.1, -0.05) is 0 Å². The van der Waals surface area contributed by atoms with E-state index in [1.807, 2.05) is 12.3 Å². The molecule has 1 heterocycles. The van der Waals surface area contributed by atoms with Gasteiger partial charge in [0.25, 0.3) is 0 Å². The molecule has 0 aliphatic rings. The molecule has 2 N–H and O–H groups in total. The maximum atomic E-state index is 11.2. The molecule has 0 aliphatic carbocycles. The molecular weight excluding hydrogens is 274 g/mol. The summed E-state index contributed by atoms with van der Waals surface area (Å²) in [6.07, 6.45) is 0.847. The van der Waals surface area contributed by atoms with Crippen LogP contribution in [-0.2, 0) is 6.42 Å². The number of carboxylic acid groups (broad SMARTS) is 1. The summed E-state index contributed by atoms with van der Waals surface area (Å²) in [5.41, 5.74) is 2.08. The van der Waals surface area contributed by atoms with Crippen molar-refractivity contribution in [3.63, 3.8) is 0 Å². The minimum atomic E-state index is -0.946. The fraction of sp³-hybridized carbons (Fsp3) is 0.267. The van der Waals surface area contributed by atoms with E-state index in [0.717, 1.165) is 6.42 Å². The summed E-state index contributed by atoms with van der Waals surface area (Å²) >= 11 is 1.66. The summed E-state index contributed by atoms with van der Waals surface area (Å²) in [7, 11) is 1.56. The third kappa shape index (κ3) is 3.51. The van der Waals surface area contributed by atoms with Gasteiger partial charge in [-0.05, 0) is 47.9 Å². The summed E-state index contributed by atoms with van der Waals surface area (Å²) in [5.74, 6) is -0.307. The number of hydrogen-bond donors (Lipinski definition) is 2. The van der Waals surface area contributed by atoms with Crippen LogP contribution in [0.5, 0.6) is 5.75 Å². The van der Waals surface area contributed by atoms with Gasteiger partial charge in [0.15, 0.2) is 0 Å². The molecule has 1 atom stereocenters. The number of hydrogen-bond acceptors (Lipinski definition) is 4. The predicted octanol–water partition coefficient (Wildman–Crippen LogP) is 3.50. The molecule has 0 spiro atoms. The van der Waals surface area contributed by atoms with Crippen LogP contribution in [0, 0.1) is 0 Å². The zero-order valence-corrected chi connectivity index (χ0v) is 12.2. The number of aromatic carboxylic acids is 1. The van der Waals surface area contributed by atoms with Crippen molar-refractivity contribution >= 4 is 23.0 Å². The Morgan fingerprint density at radius 2 is 2.25 bits per heavy atom. The summed E-state index contributed by atoms with van der Waals surface area (Å²) < 4.78 is 5.15. The fourth-order valence-electron chi connectivity index (χ4n) is 2.04. The van der Waals surface area contributed by atoms with Gasteiger partial charge < -0.3 is 15.2 Å². The number of anilines is 1. The first-order valence-corrected chi connectivity index (χ1v) is 7.23. The molecule has 0 aliphatic heterocycles. The SMILES string of the molecule is COc1ccc(C(=O)O)c(NC(C)Cc2ccsc2)c1. The van der Waals surface area contributed by atoms with Gasteiger partial charge in [0.05, 0.1) is 18.4 Å². The van der Waals surface area contributed by atoms with Gasteiger partial charge in [-0.15, -0.1) is 0 Å². The molecule has 2 aromatic rings. The van der Waals surface area contributed by atoms with E-state index >= 15 is 0 Å². The van der Waals surface area contributed by atoms with Crippen LogP contribution in [0.4, 0.5) is 5.69 Å². The minimum Gasteiger partial charge on any atom is -0.497 e. The van der Waals surface area contributed by atoms with Gasteiger partial charge >= 0.3 is 5.97 Å². The van der Waals surface area contributed by atoms with E-state index in [1.54, 1.807) is 36.6 Å². The van der Waals surface area contributed by atoms with Gasteiger partial charge in [0, 0.05) is 12.1 Å². The molecule has 2 rings (SSSR count). The molecule has 1 unspecified atom stereocenters. The van der Waals surface area contributed by atoms with Crippen molar-refractivity contribution in [1.82, 2.24) is 0 Å². The normalized spacial score (nSPS) is 11.9. The van der Waals surface area contributed by atoms with E-state index in [9.17, 15) is 9.90 Å². The lowest BCUT2D eigenvalue weighted by molar-refractivity contribution is 0.0698. The zero-order valence-electron chi connectivity index (χ0n) is 11.4. The van der Waals surface area contributed by atoms with Crippen LogP contribution in [0.3, 0.4) is 0 Å². The standard InChI is InChI=1S/C15H17NO3S/c1-10(7-11-5-6-20-9-11)16-14-8-12(19-2)3-4-13(14)15(17)18/h3-6,8-10,16H,7H2,1-2H3,(H,17,18). The lowest BCUT2D eigenvalue weighted by Gasteiger charge is -2.17. The average Bonchev–Trinajstić information content (AvgIpc) is 2.90. The monoisotopic (exact) mass is 291 g/mol. The molecule has 0 bridgehead atoms. The van der Waals surface area contributed by atoms with Gasteiger partial charge in [0.1, 0.15) is 5.75 Å². The van der Waals surface area contributed by atoms with Crippen LogP contribution in [0.1, 0.15) is 22.8 Å². The Morgan fingerprint density at radius 1 is 1.45 bits per heavy atom. The summed E-state index contributed by atoms with van der Waals surface area (Å²) in [4.78, 5) is 11.2. The minimum absolute atomic E-state index is 0.134. The van der Waals surface area contributed by atoms with E-state index < -0.39 is 5.97 Å². The summed E-state index contributed by atoms with van der Waals surface area (Å²) in [6.45, 7) is 2.03. The Balaban J connectivity index is 2.16. The van der Waals surface area contributed by atoms with E-state index in [4.69, 9.17) is 4.74 Å². The first-order chi connectivity index (χ1) is 9.60. The average molecular weight is 291 g/mol. The number of methoxy groups -OCH3 is 1. The molecule has 1 aromatic heterocycles. The van der Waals surface area contributed by atoms with Crippen LogP contribution >= 0.6 is 11.3 Å². The predicted molar refractivity (Wildman–Crippen MR) is 81.1 cm³/mol. The molecule has 0 amide bonds. The van der Waals surface area contributed by atoms with Crippen LogP contribution < -0.4 is 10.1 Å². The van der Waals surface area contributed by atoms with Crippen molar-refractivity contribution in [3.8, 4) is 5.75 Å². The highest BCUT2D eigenvalue weighted by Crippen LogP contribution is 2.24. The molecule has 0 saturated heterocycles. The van der Waals surface area contributed by atoms with Crippen molar-refractivity contribution < 1.29 is 14.6 Å².